The molecule has 0 aliphatic carbocycles. The van der Waals surface area contributed by atoms with Crippen LogP contribution >= 0.6 is 11.6 Å². The molecule has 0 radical (unpaired) electrons. The number of hydrogen-bond donors (Lipinski definition) is 2. The fraction of sp³-hybridized carbons (Fsp3) is 0.333. The molecule has 0 aliphatic heterocycles. The fourth-order valence-corrected chi connectivity index (χ4v) is 2.39. The van der Waals surface area contributed by atoms with Crippen LogP contribution in [0.5, 0.6) is 0 Å². The van der Waals surface area contributed by atoms with E-state index in [0.717, 1.165) is 16.8 Å². The van der Waals surface area contributed by atoms with Gasteiger partial charge in [0.25, 0.3) is 0 Å². The lowest BCUT2D eigenvalue weighted by Crippen LogP contribution is -2.17. The first-order valence-corrected chi connectivity index (χ1v) is 8.62. The number of amides is 2. The summed E-state index contributed by atoms with van der Waals surface area (Å²) in [5.74, 6) is 0.220. The summed E-state index contributed by atoms with van der Waals surface area (Å²) >= 11 is 5.97. The molecule has 0 saturated carbocycles. The molecule has 0 bridgehead atoms. The van der Waals surface area contributed by atoms with Gasteiger partial charge in [0, 0.05) is 23.4 Å². The van der Waals surface area contributed by atoms with Crippen LogP contribution in [0, 0.1) is 0 Å². The summed E-state index contributed by atoms with van der Waals surface area (Å²) in [6, 6.07) is 7.25. The zero-order valence-electron chi connectivity index (χ0n) is 14.5. The van der Waals surface area contributed by atoms with Crippen LogP contribution in [0.1, 0.15) is 39.3 Å². The summed E-state index contributed by atoms with van der Waals surface area (Å²) in [6.07, 6.45) is 1.26. The highest BCUT2D eigenvalue weighted by atomic mass is 35.5. The zero-order valence-corrected chi connectivity index (χ0v) is 15.3. The van der Waals surface area contributed by atoms with E-state index in [-0.39, 0.29) is 17.8 Å². The fourth-order valence-electron chi connectivity index (χ4n) is 2.26. The van der Waals surface area contributed by atoms with Crippen molar-refractivity contribution in [1.29, 1.82) is 0 Å². The molecule has 1 aromatic heterocycles. The number of aromatic nitrogens is 2. The largest absolute Gasteiger partial charge is 0.310 e. The van der Waals surface area contributed by atoms with Crippen molar-refractivity contribution >= 4 is 35.2 Å². The second-order valence-corrected chi connectivity index (χ2v) is 5.82. The third-order valence-corrected chi connectivity index (χ3v) is 3.85. The first-order valence-electron chi connectivity index (χ1n) is 8.25. The van der Waals surface area contributed by atoms with Crippen molar-refractivity contribution < 1.29 is 9.59 Å². The number of benzene rings is 1. The minimum absolute atomic E-state index is 0.163. The Labute approximate surface area is 152 Å². The normalized spacial score (nSPS) is 10.4. The summed E-state index contributed by atoms with van der Waals surface area (Å²) in [5, 5.41) is 6.08. The van der Waals surface area contributed by atoms with Crippen LogP contribution < -0.4 is 10.6 Å². The molecule has 132 valence electrons. The van der Waals surface area contributed by atoms with Gasteiger partial charge in [-0.2, -0.15) is 4.98 Å². The van der Waals surface area contributed by atoms with Gasteiger partial charge in [0.05, 0.1) is 5.69 Å². The van der Waals surface area contributed by atoms with Gasteiger partial charge in [-0.1, -0.05) is 44.5 Å². The van der Waals surface area contributed by atoms with Gasteiger partial charge in [0.15, 0.2) is 0 Å². The number of anilines is 2. The molecule has 2 N–H and O–H groups in total. The molecule has 0 spiro atoms. The Morgan fingerprint density at radius 1 is 0.960 bits per heavy atom. The predicted octanol–water partition coefficient (Wildman–Crippen LogP) is 4.06. The molecule has 6 nitrogen and oxygen atoms in total. The number of nitrogens with zero attached hydrogens (tertiary/aromatic N) is 2. The molecule has 2 amide bonds. The van der Waals surface area contributed by atoms with E-state index in [4.69, 9.17) is 11.6 Å². The van der Waals surface area contributed by atoms with Crippen molar-refractivity contribution in [1.82, 2.24) is 9.97 Å². The molecule has 0 aliphatic rings. The topological polar surface area (TPSA) is 84.0 Å². The van der Waals surface area contributed by atoms with Crippen LogP contribution in [0.4, 0.5) is 11.8 Å². The Kier molecular flexibility index (Phi) is 6.47. The lowest BCUT2D eigenvalue weighted by Gasteiger charge is -2.15. The SMILES string of the molecule is CCC(=O)Nc1nc(CC)c(-c2ccc(Cl)cc2)c(NC(=O)CC)n1. The standard InChI is InChI=1S/C18H21ClN4O2/c1-4-13-16(11-7-9-12(19)10-8-11)17(21-14(24)5-2)23-18(20-13)22-15(25)6-3/h7-10H,4-6H2,1-3H3,(H2,20,21,22,23,24,25). The zero-order chi connectivity index (χ0) is 18.4. The van der Waals surface area contributed by atoms with E-state index in [1.54, 1.807) is 26.0 Å². The number of rotatable bonds is 6. The molecule has 0 unspecified atom stereocenters. The van der Waals surface area contributed by atoms with Crippen molar-refractivity contribution in [2.45, 2.75) is 40.0 Å². The molecule has 0 saturated heterocycles. The first kappa shape index (κ1) is 18.9. The lowest BCUT2D eigenvalue weighted by molar-refractivity contribution is -0.116. The summed E-state index contributed by atoms with van der Waals surface area (Å²) in [6.45, 7) is 5.47. The number of hydrogen-bond acceptors (Lipinski definition) is 4. The number of nitrogens with one attached hydrogen (secondary N) is 2. The molecule has 1 aromatic carbocycles. The Bertz CT molecular complexity index is 775. The van der Waals surface area contributed by atoms with Crippen LogP contribution in [-0.2, 0) is 16.0 Å². The van der Waals surface area contributed by atoms with Crippen LogP contribution in [-0.4, -0.2) is 21.8 Å². The minimum Gasteiger partial charge on any atom is -0.310 e. The molecule has 0 atom stereocenters. The maximum atomic E-state index is 11.9. The Morgan fingerprint density at radius 3 is 2.12 bits per heavy atom. The summed E-state index contributed by atoms with van der Waals surface area (Å²) in [7, 11) is 0. The third kappa shape index (κ3) is 4.76. The van der Waals surface area contributed by atoms with Crippen molar-refractivity contribution in [3.05, 3.63) is 35.0 Å². The highest BCUT2D eigenvalue weighted by molar-refractivity contribution is 6.30. The molecule has 2 aromatic rings. The number of carbonyl (C=O) groups excluding carboxylic acids is 2. The van der Waals surface area contributed by atoms with E-state index in [1.807, 2.05) is 19.1 Å². The summed E-state index contributed by atoms with van der Waals surface area (Å²) < 4.78 is 0. The highest BCUT2D eigenvalue weighted by Gasteiger charge is 2.17. The van der Waals surface area contributed by atoms with Gasteiger partial charge in [-0.05, 0) is 24.1 Å². The second kappa shape index (κ2) is 8.58. The second-order valence-electron chi connectivity index (χ2n) is 5.38. The highest BCUT2D eigenvalue weighted by Crippen LogP contribution is 2.32. The molecule has 25 heavy (non-hydrogen) atoms. The number of aryl methyl sites for hydroxylation is 1. The number of carbonyl (C=O) groups is 2. The van der Waals surface area contributed by atoms with Crippen LogP contribution in [0.3, 0.4) is 0 Å². The molecule has 7 heteroatoms. The average molecular weight is 361 g/mol. The van der Waals surface area contributed by atoms with Crippen LogP contribution in [0.15, 0.2) is 24.3 Å². The number of halogens is 1. The van der Waals surface area contributed by atoms with Gasteiger partial charge in [0.1, 0.15) is 5.82 Å². The maximum absolute atomic E-state index is 11.9. The predicted molar refractivity (Wildman–Crippen MR) is 99.7 cm³/mol. The quantitative estimate of drug-likeness (QED) is 0.813. The molecular weight excluding hydrogens is 340 g/mol. The van der Waals surface area contributed by atoms with E-state index in [2.05, 4.69) is 20.6 Å². The van der Waals surface area contributed by atoms with Crippen molar-refractivity contribution in [2.75, 3.05) is 10.6 Å². The molecule has 2 rings (SSSR count). The van der Waals surface area contributed by atoms with Crippen LogP contribution in [0.2, 0.25) is 5.02 Å². The van der Waals surface area contributed by atoms with Gasteiger partial charge in [-0.3, -0.25) is 14.9 Å². The van der Waals surface area contributed by atoms with Gasteiger partial charge in [-0.15, -0.1) is 0 Å². The van der Waals surface area contributed by atoms with Gasteiger partial charge < -0.3 is 5.32 Å². The lowest BCUT2D eigenvalue weighted by atomic mass is 10.0. The van der Waals surface area contributed by atoms with Crippen molar-refractivity contribution in [3.8, 4) is 11.1 Å². The van der Waals surface area contributed by atoms with Crippen molar-refractivity contribution in [3.63, 3.8) is 0 Å². The summed E-state index contributed by atoms with van der Waals surface area (Å²) in [5.41, 5.74) is 2.31. The Morgan fingerprint density at radius 2 is 1.56 bits per heavy atom. The van der Waals surface area contributed by atoms with E-state index < -0.39 is 0 Å². The van der Waals surface area contributed by atoms with E-state index in [0.29, 0.717) is 30.1 Å². The average Bonchev–Trinajstić information content (AvgIpc) is 2.62. The maximum Gasteiger partial charge on any atom is 0.231 e. The summed E-state index contributed by atoms with van der Waals surface area (Å²) in [4.78, 5) is 32.4. The van der Waals surface area contributed by atoms with E-state index >= 15 is 0 Å². The Balaban J connectivity index is 2.59. The monoisotopic (exact) mass is 360 g/mol. The first-order chi connectivity index (χ1) is 12.0. The van der Waals surface area contributed by atoms with Gasteiger partial charge in [0.2, 0.25) is 17.8 Å². The van der Waals surface area contributed by atoms with E-state index in [9.17, 15) is 9.59 Å². The smallest absolute Gasteiger partial charge is 0.231 e. The van der Waals surface area contributed by atoms with Crippen molar-refractivity contribution in [2.24, 2.45) is 0 Å². The third-order valence-electron chi connectivity index (χ3n) is 3.60. The molecule has 1 heterocycles. The van der Waals surface area contributed by atoms with Crippen LogP contribution in [0.25, 0.3) is 11.1 Å². The molecular formula is C18H21ClN4O2. The van der Waals surface area contributed by atoms with E-state index in [1.165, 1.54) is 0 Å². The van der Waals surface area contributed by atoms with Gasteiger partial charge >= 0.3 is 0 Å². The molecule has 0 fully saturated rings. The Hall–Kier alpha value is -2.47. The minimum atomic E-state index is -0.186. The van der Waals surface area contributed by atoms with Gasteiger partial charge in [-0.25, -0.2) is 4.98 Å².